The number of nitrogens with one attached hydrogen (secondary N) is 1. The topological polar surface area (TPSA) is 72.5 Å². The number of amides is 1. The lowest BCUT2D eigenvalue weighted by Crippen LogP contribution is -2.40. The van der Waals surface area contributed by atoms with Crippen molar-refractivity contribution in [3.05, 3.63) is 29.8 Å². The Morgan fingerprint density at radius 2 is 1.83 bits per heavy atom. The molecule has 2 rings (SSSR count). The zero-order valence-corrected chi connectivity index (χ0v) is 15.0. The van der Waals surface area contributed by atoms with E-state index in [-0.39, 0.29) is 29.4 Å². The van der Waals surface area contributed by atoms with Crippen LogP contribution in [0.15, 0.2) is 24.3 Å². The monoisotopic (exact) mass is 339 g/mol. The standard InChI is InChI=1S/C17H25NO4S/c1-5-23(20,21)11-10-18-15(19)17(12-16(17,2)3)13-6-8-14(22-4)9-7-13/h6-9H,5,10-12H2,1-4H3,(H,18,19)/t17-/m0/s1. The summed E-state index contributed by atoms with van der Waals surface area (Å²) in [5.41, 5.74) is 0.212. The van der Waals surface area contributed by atoms with Crippen LogP contribution < -0.4 is 10.1 Å². The van der Waals surface area contributed by atoms with Gasteiger partial charge in [-0.2, -0.15) is 0 Å². The van der Waals surface area contributed by atoms with Crippen molar-refractivity contribution in [2.45, 2.75) is 32.6 Å². The number of methoxy groups -OCH3 is 1. The Hall–Kier alpha value is -1.56. The number of hydrogen-bond donors (Lipinski definition) is 1. The molecular weight excluding hydrogens is 314 g/mol. The van der Waals surface area contributed by atoms with E-state index in [1.807, 2.05) is 24.3 Å². The highest BCUT2D eigenvalue weighted by molar-refractivity contribution is 7.91. The van der Waals surface area contributed by atoms with Crippen LogP contribution in [0, 0.1) is 5.41 Å². The molecule has 0 radical (unpaired) electrons. The summed E-state index contributed by atoms with van der Waals surface area (Å²) in [5, 5.41) is 2.81. The second-order valence-corrected chi connectivity index (χ2v) is 9.16. The molecule has 1 fully saturated rings. The van der Waals surface area contributed by atoms with Crippen molar-refractivity contribution in [3.63, 3.8) is 0 Å². The zero-order chi connectivity index (χ0) is 17.3. The fourth-order valence-electron chi connectivity index (χ4n) is 3.12. The maximum absolute atomic E-state index is 12.7. The Kier molecular flexibility index (Phi) is 4.76. The number of ether oxygens (including phenoxy) is 1. The van der Waals surface area contributed by atoms with E-state index in [0.717, 1.165) is 17.7 Å². The number of rotatable bonds is 7. The Morgan fingerprint density at radius 1 is 1.26 bits per heavy atom. The summed E-state index contributed by atoms with van der Waals surface area (Å²) in [6, 6.07) is 7.52. The van der Waals surface area contributed by atoms with Crippen LogP contribution >= 0.6 is 0 Å². The van der Waals surface area contributed by atoms with Crippen molar-refractivity contribution in [3.8, 4) is 5.75 Å². The van der Waals surface area contributed by atoms with Crippen LogP contribution in [0.1, 0.15) is 32.8 Å². The van der Waals surface area contributed by atoms with E-state index in [1.165, 1.54) is 0 Å². The third kappa shape index (κ3) is 3.37. The zero-order valence-electron chi connectivity index (χ0n) is 14.2. The van der Waals surface area contributed by atoms with Gasteiger partial charge < -0.3 is 10.1 Å². The Morgan fingerprint density at radius 3 is 2.26 bits per heavy atom. The van der Waals surface area contributed by atoms with E-state index >= 15 is 0 Å². The predicted molar refractivity (Wildman–Crippen MR) is 90.4 cm³/mol. The Balaban J connectivity index is 2.13. The van der Waals surface area contributed by atoms with Gasteiger partial charge in [0.25, 0.3) is 0 Å². The molecule has 0 aliphatic heterocycles. The van der Waals surface area contributed by atoms with Crippen LogP contribution in [0.25, 0.3) is 0 Å². The number of carbonyl (C=O) groups excluding carboxylic acids is 1. The first-order valence-electron chi connectivity index (χ1n) is 7.82. The van der Waals surface area contributed by atoms with Gasteiger partial charge in [0.1, 0.15) is 5.75 Å². The van der Waals surface area contributed by atoms with Gasteiger partial charge in [-0.15, -0.1) is 0 Å². The fourth-order valence-corrected chi connectivity index (χ4v) is 3.82. The van der Waals surface area contributed by atoms with E-state index in [1.54, 1.807) is 14.0 Å². The van der Waals surface area contributed by atoms with E-state index in [4.69, 9.17) is 4.74 Å². The van der Waals surface area contributed by atoms with E-state index < -0.39 is 15.3 Å². The van der Waals surface area contributed by atoms with Gasteiger partial charge in [-0.25, -0.2) is 8.42 Å². The minimum atomic E-state index is -3.07. The first-order valence-corrected chi connectivity index (χ1v) is 9.64. The number of sulfone groups is 1. The highest BCUT2D eigenvalue weighted by Crippen LogP contribution is 2.64. The molecule has 1 saturated carbocycles. The molecule has 1 aliphatic rings. The first kappa shape index (κ1) is 17.8. The summed E-state index contributed by atoms with van der Waals surface area (Å²) < 4.78 is 28.3. The number of carbonyl (C=O) groups is 1. The summed E-state index contributed by atoms with van der Waals surface area (Å²) >= 11 is 0. The highest BCUT2D eigenvalue weighted by Gasteiger charge is 2.66. The average molecular weight is 339 g/mol. The average Bonchev–Trinajstić information content (AvgIpc) is 3.11. The van der Waals surface area contributed by atoms with Gasteiger partial charge in [0, 0.05) is 12.3 Å². The summed E-state index contributed by atoms with van der Waals surface area (Å²) in [6.07, 6.45) is 0.749. The van der Waals surface area contributed by atoms with Crippen LogP contribution in [0.4, 0.5) is 0 Å². The Labute approximate surface area is 138 Å². The summed E-state index contributed by atoms with van der Waals surface area (Å²) in [4.78, 5) is 12.7. The van der Waals surface area contributed by atoms with Gasteiger partial charge in [-0.1, -0.05) is 32.9 Å². The highest BCUT2D eigenvalue weighted by atomic mass is 32.2. The van der Waals surface area contributed by atoms with Crippen molar-refractivity contribution in [1.82, 2.24) is 5.32 Å². The van der Waals surface area contributed by atoms with Crippen LogP contribution in [0.2, 0.25) is 0 Å². The van der Waals surface area contributed by atoms with Crippen LogP contribution in [0.3, 0.4) is 0 Å². The quantitative estimate of drug-likeness (QED) is 0.824. The van der Waals surface area contributed by atoms with Gasteiger partial charge >= 0.3 is 0 Å². The third-order valence-corrected chi connectivity index (χ3v) is 6.55. The van der Waals surface area contributed by atoms with Crippen LogP contribution in [0.5, 0.6) is 5.75 Å². The molecule has 6 heteroatoms. The van der Waals surface area contributed by atoms with E-state index in [0.29, 0.717) is 0 Å². The number of hydrogen-bond acceptors (Lipinski definition) is 4. The second kappa shape index (κ2) is 6.15. The second-order valence-electron chi connectivity index (χ2n) is 6.69. The van der Waals surface area contributed by atoms with Gasteiger partial charge in [0.2, 0.25) is 5.91 Å². The molecule has 1 atom stereocenters. The summed E-state index contributed by atoms with van der Waals surface area (Å²) in [6.45, 7) is 5.88. The molecule has 23 heavy (non-hydrogen) atoms. The Bertz CT molecular complexity index is 679. The minimum absolute atomic E-state index is 0.0195. The molecule has 5 nitrogen and oxygen atoms in total. The van der Waals surface area contributed by atoms with Gasteiger partial charge in [0.15, 0.2) is 9.84 Å². The summed E-state index contributed by atoms with van der Waals surface area (Å²) in [5.74, 6) is 0.725. The van der Waals surface area contributed by atoms with Gasteiger partial charge in [-0.3, -0.25) is 4.79 Å². The molecular formula is C17H25NO4S. The molecule has 0 bridgehead atoms. The summed E-state index contributed by atoms with van der Waals surface area (Å²) in [7, 11) is -1.47. The van der Waals surface area contributed by atoms with Gasteiger partial charge in [-0.05, 0) is 29.5 Å². The molecule has 1 aromatic carbocycles. The van der Waals surface area contributed by atoms with Crippen LogP contribution in [-0.2, 0) is 20.0 Å². The molecule has 0 aromatic heterocycles. The molecule has 0 unspecified atom stereocenters. The number of benzene rings is 1. The van der Waals surface area contributed by atoms with Crippen molar-refractivity contribution in [2.75, 3.05) is 25.2 Å². The fraction of sp³-hybridized carbons (Fsp3) is 0.588. The molecule has 0 heterocycles. The SMILES string of the molecule is CCS(=O)(=O)CCNC(=O)[C@@]1(c2ccc(OC)cc2)CC1(C)C. The molecule has 1 N–H and O–H groups in total. The molecule has 0 saturated heterocycles. The normalized spacial score (nSPS) is 22.4. The molecule has 1 aliphatic carbocycles. The van der Waals surface area contributed by atoms with Crippen LogP contribution in [-0.4, -0.2) is 39.5 Å². The largest absolute Gasteiger partial charge is 0.497 e. The van der Waals surface area contributed by atoms with E-state index in [2.05, 4.69) is 19.2 Å². The predicted octanol–water partition coefficient (Wildman–Crippen LogP) is 1.91. The lowest BCUT2D eigenvalue weighted by molar-refractivity contribution is -0.124. The van der Waals surface area contributed by atoms with Crippen molar-refractivity contribution in [2.24, 2.45) is 5.41 Å². The molecule has 1 aromatic rings. The van der Waals surface area contributed by atoms with Crippen molar-refractivity contribution < 1.29 is 17.9 Å². The lowest BCUT2D eigenvalue weighted by Gasteiger charge is -2.21. The van der Waals surface area contributed by atoms with Crippen molar-refractivity contribution in [1.29, 1.82) is 0 Å². The minimum Gasteiger partial charge on any atom is -0.497 e. The molecule has 0 spiro atoms. The first-order chi connectivity index (χ1) is 10.7. The smallest absolute Gasteiger partial charge is 0.231 e. The maximum atomic E-state index is 12.7. The molecule has 128 valence electrons. The van der Waals surface area contributed by atoms with Crippen molar-refractivity contribution >= 4 is 15.7 Å². The molecule has 1 amide bonds. The lowest BCUT2D eigenvalue weighted by atomic mass is 9.87. The van der Waals surface area contributed by atoms with Gasteiger partial charge in [0.05, 0.1) is 18.3 Å². The maximum Gasteiger partial charge on any atom is 0.231 e. The third-order valence-electron chi connectivity index (χ3n) is 4.85. The van der Waals surface area contributed by atoms with E-state index in [9.17, 15) is 13.2 Å².